The molecule has 0 saturated heterocycles. The largest absolute Gasteiger partial charge is 0.495 e. The molecule has 0 saturated carbocycles. The number of hydrogen-bond donors (Lipinski definition) is 1. The molecule has 0 amide bonds. The summed E-state index contributed by atoms with van der Waals surface area (Å²) >= 11 is 0. The molecular formula is C16H21N3O. The molecule has 0 aliphatic rings. The van der Waals surface area contributed by atoms with Crippen LogP contribution in [0.3, 0.4) is 0 Å². The van der Waals surface area contributed by atoms with Crippen molar-refractivity contribution in [3.05, 3.63) is 53.6 Å². The molecule has 0 aliphatic carbocycles. The van der Waals surface area contributed by atoms with Crippen LogP contribution in [0.5, 0.6) is 5.75 Å². The summed E-state index contributed by atoms with van der Waals surface area (Å²) in [5.41, 5.74) is 3.24. The molecule has 0 aliphatic heterocycles. The number of aromatic nitrogens is 2. The maximum Gasteiger partial charge on any atom is 0.142 e. The number of ether oxygens (including phenoxy) is 1. The molecule has 106 valence electrons. The molecule has 2 aromatic rings. The molecule has 4 heteroatoms. The fourth-order valence-electron chi connectivity index (χ4n) is 2.15. The number of nitrogens with zero attached hydrogens (tertiary/aromatic N) is 2. The van der Waals surface area contributed by atoms with E-state index in [4.69, 9.17) is 4.74 Å². The van der Waals surface area contributed by atoms with Gasteiger partial charge in [-0.3, -0.25) is 9.97 Å². The zero-order chi connectivity index (χ0) is 14.4. The molecule has 1 unspecified atom stereocenters. The zero-order valence-corrected chi connectivity index (χ0v) is 12.3. The maximum absolute atomic E-state index is 5.43. The van der Waals surface area contributed by atoms with E-state index in [1.165, 1.54) is 0 Å². The van der Waals surface area contributed by atoms with Gasteiger partial charge >= 0.3 is 0 Å². The molecule has 0 bridgehead atoms. The summed E-state index contributed by atoms with van der Waals surface area (Å²) in [7, 11) is 1.67. The summed E-state index contributed by atoms with van der Waals surface area (Å²) in [5, 5.41) is 3.55. The average Bonchev–Trinajstić information content (AvgIpc) is 2.50. The van der Waals surface area contributed by atoms with E-state index < -0.39 is 0 Å². The van der Waals surface area contributed by atoms with Gasteiger partial charge in [0.25, 0.3) is 0 Å². The van der Waals surface area contributed by atoms with E-state index >= 15 is 0 Å². The van der Waals surface area contributed by atoms with E-state index in [-0.39, 0.29) is 6.04 Å². The van der Waals surface area contributed by atoms with Crippen LogP contribution >= 0.6 is 0 Å². The van der Waals surface area contributed by atoms with Crippen molar-refractivity contribution in [1.82, 2.24) is 15.3 Å². The third-order valence-corrected chi connectivity index (χ3v) is 3.21. The molecule has 0 fully saturated rings. The van der Waals surface area contributed by atoms with Crippen LogP contribution in [0.2, 0.25) is 0 Å². The SMILES string of the molecule is CCCNC(c1ccc(C)nc1)c1ccncc1OC. The normalized spacial score (nSPS) is 12.2. The minimum atomic E-state index is 0.0704. The van der Waals surface area contributed by atoms with E-state index in [0.29, 0.717) is 0 Å². The van der Waals surface area contributed by atoms with Crippen LogP contribution in [0.4, 0.5) is 0 Å². The lowest BCUT2D eigenvalue weighted by Gasteiger charge is -2.21. The Labute approximate surface area is 120 Å². The molecule has 20 heavy (non-hydrogen) atoms. The van der Waals surface area contributed by atoms with Gasteiger partial charge in [-0.25, -0.2) is 0 Å². The van der Waals surface area contributed by atoms with Crippen molar-refractivity contribution in [2.75, 3.05) is 13.7 Å². The van der Waals surface area contributed by atoms with E-state index in [2.05, 4.69) is 28.3 Å². The Hall–Kier alpha value is -1.94. The lowest BCUT2D eigenvalue weighted by Crippen LogP contribution is -2.24. The van der Waals surface area contributed by atoms with Crippen LogP contribution in [0.15, 0.2) is 36.8 Å². The minimum Gasteiger partial charge on any atom is -0.495 e. The number of hydrogen-bond acceptors (Lipinski definition) is 4. The summed E-state index contributed by atoms with van der Waals surface area (Å²) in [6.07, 6.45) is 6.53. The molecular weight excluding hydrogens is 250 g/mol. The molecule has 2 aromatic heterocycles. The highest BCUT2D eigenvalue weighted by molar-refractivity contribution is 5.39. The molecule has 2 rings (SSSR count). The standard InChI is InChI=1S/C16H21N3O/c1-4-8-18-16(13-6-5-12(2)19-10-13)14-7-9-17-11-15(14)20-3/h5-7,9-11,16,18H,4,8H2,1-3H3. The predicted octanol–water partition coefficient (Wildman–Crippen LogP) is 2.88. The smallest absolute Gasteiger partial charge is 0.142 e. The van der Waals surface area contributed by atoms with E-state index in [1.807, 2.05) is 25.3 Å². The first kappa shape index (κ1) is 14.5. The Kier molecular flexibility index (Phi) is 5.07. The second-order valence-corrected chi connectivity index (χ2v) is 4.74. The number of pyridine rings is 2. The molecule has 0 aromatic carbocycles. The highest BCUT2D eigenvalue weighted by Gasteiger charge is 2.17. The van der Waals surface area contributed by atoms with Crippen molar-refractivity contribution in [3.8, 4) is 5.75 Å². The Morgan fingerprint density at radius 3 is 2.75 bits per heavy atom. The van der Waals surface area contributed by atoms with Crippen molar-refractivity contribution in [2.24, 2.45) is 0 Å². The van der Waals surface area contributed by atoms with Crippen molar-refractivity contribution >= 4 is 0 Å². The molecule has 0 radical (unpaired) electrons. The first-order chi connectivity index (χ1) is 9.76. The van der Waals surface area contributed by atoms with E-state index in [9.17, 15) is 0 Å². The third kappa shape index (κ3) is 3.33. The number of nitrogens with one attached hydrogen (secondary N) is 1. The zero-order valence-electron chi connectivity index (χ0n) is 12.3. The second-order valence-electron chi connectivity index (χ2n) is 4.74. The highest BCUT2D eigenvalue weighted by atomic mass is 16.5. The summed E-state index contributed by atoms with van der Waals surface area (Å²) in [5.74, 6) is 0.793. The summed E-state index contributed by atoms with van der Waals surface area (Å²) in [4.78, 5) is 8.51. The van der Waals surface area contributed by atoms with Crippen LogP contribution in [0.1, 0.15) is 36.2 Å². The number of rotatable bonds is 6. The Morgan fingerprint density at radius 1 is 1.25 bits per heavy atom. The van der Waals surface area contributed by atoms with Gasteiger partial charge in [0.15, 0.2) is 0 Å². The van der Waals surface area contributed by atoms with Crippen molar-refractivity contribution < 1.29 is 4.74 Å². The molecule has 1 N–H and O–H groups in total. The maximum atomic E-state index is 5.43. The summed E-state index contributed by atoms with van der Waals surface area (Å²) < 4.78 is 5.43. The molecule has 1 atom stereocenters. The lowest BCUT2D eigenvalue weighted by molar-refractivity contribution is 0.401. The minimum absolute atomic E-state index is 0.0704. The first-order valence-corrected chi connectivity index (χ1v) is 6.90. The van der Waals surface area contributed by atoms with Gasteiger partial charge in [0, 0.05) is 23.7 Å². The highest BCUT2D eigenvalue weighted by Crippen LogP contribution is 2.28. The van der Waals surface area contributed by atoms with Crippen molar-refractivity contribution in [2.45, 2.75) is 26.3 Å². The van der Waals surface area contributed by atoms with Crippen LogP contribution < -0.4 is 10.1 Å². The Morgan fingerprint density at radius 2 is 2.10 bits per heavy atom. The first-order valence-electron chi connectivity index (χ1n) is 6.90. The Balaban J connectivity index is 2.38. The van der Waals surface area contributed by atoms with Gasteiger partial charge in [0.2, 0.25) is 0 Å². The second kappa shape index (κ2) is 7.01. The van der Waals surface area contributed by atoms with E-state index in [0.717, 1.165) is 35.5 Å². The summed E-state index contributed by atoms with van der Waals surface area (Å²) in [6.45, 7) is 5.08. The van der Waals surface area contributed by atoms with Gasteiger partial charge in [-0.2, -0.15) is 0 Å². The molecule has 4 nitrogen and oxygen atoms in total. The predicted molar refractivity (Wildman–Crippen MR) is 79.9 cm³/mol. The third-order valence-electron chi connectivity index (χ3n) is 3.21. The van der Waals surface area contributed by atoms with E-state index in [1.54, 1.807) is 19.5 Å². The monoisotopic (exact) mass is 271 g/mol. The fourth-order valence-corrected chi connectivity index (χ4v) is 2.15. The van der Waals surface area contributed by atoms with Crippen LogP contribution in [-0.4, -0.2) is 23.6 Å². The van der Waals surface area contributed by atoms with Gasteiger partial charge in [-0.1, -0.05) is 13.0 Å². The van der Waals surface area contributed by atoms with Gasteiger partial charge in [-0.15, -0.1) is 0 Å². The van der Waals surface area contributed by atoms with Crippen LogP contribution in [0, 0.1) is 6.92 Å². The lowest BCUT2D eigenvalue weighted by atomic mass is 10.00. The quantitative estimate of drug-likeness (QED) is 0.877. The number of methoxy groups -OCH3 is 1. The average molecular weight is 271 g/mol. The van der Waals surface area contributed by atoms with Crippen LogP contribution in [0.25, 0.3) is 0 Å². The van der Waals surface area contributed by atoms with Crippen molar-refractivity contribution in [1.29, 1.82) is 0 Å². The number of aryl methyl sites for hydroxylation is 1. The van der Waals surface area contributed by atoms with Gasteiger partial charge in [0.05, 0.1) is 19.3 Å². The van der Waals surface area contributed by atoms with Gasteiger partial charge in [0.1, 0.15) is 5.75 Å². The van der Waals surface area contributed by atoms with Gasteiger partial charge in [-0.05, 0) is 37.6 Å². The fraction of sp³-hybridized carbons (Fsp3) is 0.375. The topological polar surface area (TPSA) is 47.0 Å². The Bertz CT molecular complexity index is 540. The molecule has 0 spiro atoms. The van der Waals surface area contributed by atoms with Gasteiger partial charge < -0.3 is 10.1 Å². The summed E-state index contributed by atoms with van der Waals surface area (Å²) in [6, 6.07) is 6.20. The van der Waals surface area contributed by atoms with Crippen molar-refractivity contribution in [3.63, 3.8) is 0 Å². The van der Waals surface area contributed by atoms with Crippen LogP contribution in [-0.2, 0) is 0 Å². The molecule has 2 heterocycles.